The van der Waals surface area contributed by atoms with Gasteiger partial charge in [0.05, 0.1) is 28.8 Å². The molecule has 12 heteroatoms. The van der Waals surface area contributed by atoms with Gasteiger partial charge in [0, 0.05) is 17.7 Å². The van der Waals surface area contributed by atoms with Crippen molar-refractivity contribution in [3.8, 4) is 17.1 Å². The summed E-state index contributed by atoms with van der Waals surface area (Å²) in [7, 11) is -2.73. The highest BCUT2D eigenvalue weighted by Gasteiger charge is 2.29. The van der Waals surface area contributed by atoms with Crippen molar-refractivity contribution in [3.63, 3.8) is 0 Å². The summed E-state index contributed by atoms with van der Waals surface area (Å²) in [5, 5.41) is 14.7. The highest BCUT2D eigenvalue weighted by atomic mass is 32.2. The number of furan rings is 1. The maximum Gasteiger partial charge on any atom is 0.269 e. The number of hydrogen-bond donors (Lipinski definition) is 1. The molecular weight excluding hydrogens is 536 g/mol. The van der Waals surface area contributed by atoms with E-state index in [-0.39, 0.29) is 22.0 Å². The SMILES string of the molecule is COc1ccc(C)cc1N(CC(=O)N/N=C\c1ccc(-c2ccc([N+](=O)[O-])cc2)o1)S(=O)(=O)c1ccc(C)cc1. The van der Waals surface area contributed by atoms with Crippen LogP contribution in [0.25, 0.3) is 11.3 Å². The molecule has 0 saturated carbocycles. The summed E-state index contributed by atoms with van der Waals surface area (Å²) in [5.41, 5.74) is 4.79. The molecule has 0 saturated heterocycles. The quantitative estimate of drug-likeness (QED) is 0.166. The van der Waals surface area contributed by atoms with Crippen molar-refractivity contribution in [2.24, 2.45) is 5.10 Å². The van der Waals surface area contributed by atoms with Crippen LogP contribution in [0, 0.1) is 24.0 Å². The predicted octanol–water partition coefficient (Wildman–Crippen LogP) is 4.83. The molecule has 1 amide bonds. The summed E-state index contributed by atoms with van der Waals surface area (Å²) >= 11 is 0. The first-order valence-corrected chi connectivity index (χ1v) is 13.4. The van der Waals surface area contributed by atoms with E-state index in [1.807, 2.05) is 6.92 Å². The van der Waals surface area contributed by atoms with Gasteiger partial charge < -0.3 is 9.15 Å². The number of aryl methyl sites for hydroxylation is 2. The van der Waals surface area contributed by atoms with Crippen molar-refractivity contribution in [2.75, 3.05) is 18.0 Å². The number of ether oxygens (including phenoxy) is 1. The summed E-state index contributed by atoms with van der Waals surface area (Å²) in [6.45, 7) is 3.08. The van der Waals surface area contributed by atoms with Gasteiger partial charge >= 0.3 is 0 Å². The molecule has 0 aliphatic carbocycles. The molecule has 0 atom stereocenters. The van der Waals surface area contributed by atoms with E-state index in [1.54, 1.807) is 61.5 Å². The molecule has 0 bridgehead atoms. The highest BCUT2D eigenvalue weighted by molar-refractivity contribution is 7.92. The number of anilines is 1. The molecule has 0 aliphatic rings. The standard InChI is InChI=1S/C28H26N4O7S/c1-19-4-12-24(13-5-19)40(36,37)31(25-16-20(2)6-14-27(25)38-3)18-28(33)30-29-17-23-11-15-26(39-23)21-7-9-22(10-8-21)32(34)35/h4-17H,18H2,1-3H3,(H,30,33)/b29-17-. The largest absolute Gasteiger partial charge is 0.495 e. The van der Waals surface area contributed by atoms with Crippen molar-refractivity contribution >= 4 is 33.5 Å². The molecule has 0 fully saturated rings. The third-order valence-corrected chi connectivity index (χ3v) is 7.64. The zero-order valence-corrected chi connectivity index (χ0v) is 22.7. The molecule has 1 heterocycles. The minimum atomic E-state index is -4.15. The second kappa shape index (κ2) is 11.8. The smallest absolute Gasteiger partial charge is 0.269 e. The number of carbonyl (C=O) groups excluding carboxylic acids is 1. The van der Waals surface area contributed by atoms with Gasteiger partial charge in [0.25, 0.3) is 21.6 Å². The van der Waals surface area contributed by atoms with Gasteiger partial charge in [0.1, 0.15) is 23.8 Å². The number of benzene rings is 3. The van der Waals surface area contributed by atoms with E-state index < -0.39 is 27.4 Å². The zero-order valence-electron chi connectivity index (χ0n) is 21.9. The van der Waals surface area contributed by atoms with Crippen LogP contribution in [0.3, 0.4) is 0 Å². The lowest BCUT2D eigenvalue weighted by Gasteiger charge is -2.25. The fourth-order valence-electron chi connectivity index (χ4n) is 3.79. The first-order chi connectivity index (χ1) is 19.1. The number of rotatable bonds is 10. The predicted molar refractivity (Wildman–Crippen MR) is 150 cm³/mol. The Hall–Kier alpha value is -4.97. The molecular formula is C28H26N4O7S. The average Bonchev–Trinajstić information content (AvgIpc) is 3.41. The first-order valence-electron chi connectivity index (χ1n) is 12.0. The Morgan fingerprint density at radius 1 is 1.02 bits per heavy atom. The minimum Gasteiger partial charge on any atom is -0.495 e. The van der Waals surface area contributed by atoms with Crippen molar-refractivity contribution in [3.05, 3.63) is 106 Å². The van der Waals surface area contributed by atoms with Gasteiger partial charge in [-0.05, 0) is 67.9 Å². The molecule has 4 rings (SSSR count). The van der Waals surface area contributed by atoms with E-state index in [9.17, 15) is 23.3 Å². The van der Waals surface area contributed by atoms with Crippen LogP contribution < -0.4 is 14.5 Å². The number of carbonyl (C=O) groups is 1. The molecule has 206 valence electrons. The van der Waals surface area contributed by atoms with E-state index in [1.165, 1.54) is 37.6 Å². The fraction of sp³-hybridized carbons (Fsp3) is 0.143. The van der Waals surface area contributed by atoms with Gasteiger partial charge in [-0.3, -0.25) is 19.2 Å². The van der Waals surface area contributed by atoms with Crippen molar-refractivity contribution in [2.45, 2.75) is 18.7 Å². The number of sulfonamides is 1. The van der Waals surface area contributed by atoms with Gasteiger partial charge in [0.2, 0.25) is 0 Å². The Labute approximate surface area is 230 Å². The number of hydrazone groups is 1. The molecule has 1 N–H and O–H groups in total. The van der Waals surface area contributed by atoms with E-state index >= 15 is 0 Å². The number of nitro groups is 1. The second-order valence-electron chi connectivity index (χ2n) is 8.80. The fourth-order valence-corrected chi connectivity index (χ4v) is 5.21. The molecule has 0 radical (unpaired) electrons. The van der Waals surface area contributed by atoms with Crippen LogP contribution in [0.4, 0.5) is 11.4 Å². The highest BCUT2D eigenvalue weighted by Crippen LogP contribution is 2.33. The summed E-state index contributed by atoms with van der Waals surface area (Å²) < 4.78 is 39.3. The van der Waals surface area contributed by atoms with E-state index in [0.717, 1.165) is 15.4 Å². The summed E-state index contributed by atoms with van der Waals surface area (Å²) in [6, 6.07) is 20.5. The normalized spacial score (nSPS) is 11.4. The second-order valence-corrected chi connectivity index (χ2v) is 10.7. The van der Waals surface area contributed by atoms with Crippen LogP contribution in [-0.4, -0.2) is 39.1 Å². The van der Waals surface area contributed by atoms with Crippen LogP contribution >= 0.6 is 0 Å². The molecule has 3 aromatic carbocycles. The lowest BCUT2D eigenvalue weighted by Crippen LogP contribution is -2.39. The lowest BCUT2D eigenvalue weighted by atomic mass is 10.1. The molecule has 0 spiro atoms. The maximum absolute atomic E-state index is 13.6. The van der Waals surface area contributed by atoms with Gasteiger partial charge in [-0.25, -0.2) is 13.8 Å². The third kappa shape index (κ3) is 6.35. The Morgan fingerprint density at radius 3 is 2.35 bits per heavy atom. The Balaban J connectivity index is 1.53. The van der Waals surface area contributed by atoms with Gasteiger partial charge in [-0.15, -0.1) is 0 Å². The van der Waals surface area contributed by atoms with Crippen molar-refractivity contribution in [1.82, 2.24) is 5.43 Å². The molecule has 1 aromatic heterocycles. The summed E-state index contributed by atoms with van der Waals surface area (Å²) in [5.74, 6) is 0.340. The van der Waals surface area contributed by atoms with E-state index in [2.05, 4.69) is 10.5 Å². The van der Waals surface area contributed by atoms with Crippen LogP contribution in [0.5, 0.6) is 5.75 Å². The van der Waals surface area contributed by atoms with Crippen LogP contribution in [-0.2, 0) is 14.8 Å². The molecule has 40 heavy (non-hydrogen) atoms. The number of nitrogens with one attached hydrogen (secondary N) is 1. The topological polar surface area (TPSA) is 144 Å². The van der Waals surface area contributed by atoms with E-state index in [0.29, 0.717) is 17.1 Å². The Kier molecular flexibility index (Phi) is 8.29. The van der Waals surface area contributed by atoms with Crippen molar-refractivity contribution in [1.29, 1.82) is 0 Å². The van der Waals surface area contributed by atoms with E-state index in [4.69, 9.17) is 9.15 Å². The number of nitrogens with zero attached hydrogens (tertiary/aromatic N) is 3. The molecule has 0 aliphatic heterocycles. The van der Waals surface area contributed by atoms with Crippen LogP contribution in [0.2, 0.25) is 0 Å². The molecule has 0 unspecified atom stereocenters. The van der Waals surface area contributed by atoms with Crippen LogP contribution in [0.15, 0.2) is 93.3 Å². The Bertz CT molecular complexity index is 1660. The number of non-ortho nitro benzene ring substituents is 1. The number of methoxy groups -OCH3 is 1. The number of nitro benzene ring substituents is 1. The molecule has 4 aromatic rings. The number of amides is 1. The minimum absolute atomic E-state index is 0.0207. The summed E-state index contributed by atoms with van der Waals surface area (Å²) in [6.07, 6.45) is 1.26. The van der Waals surface area contributed by atoms with Crippen molar-refractivity contribution < 1.29 is 27.3 Å². The third-order valence-electron chi connectivity index (χ3n) is 5.87. The summed E-state index contributed by atoms with van der Waals surface area (Å²) in [4.78, 5) is 23.3. The average molecular weight is 563 g/mol. The van der Waals surface area contributed by atoms with Gasteiger partial charge in [-0.1, -0.05) is 23.8 Å². The molecule has 11 nitrogen and oxygen atoms in total. The first kappa shape index (κ1) is 28.0. The van der Waals surface area contributed by atoms with Crippen LogP contribution in [0.1, 0.15) is 16.9 Å². The number of hydrogen-bond acceptors (Lipinski definition) is 8. The Morgan fingerprint density at radius 2 is 1.70 bits per heavy atom. The monoisotopic (exact) mass is 562 g/mol. The lowest BCUT2D eigenvalue weighted by molar-refractivity contribution is -0.384. The van der Waals surface area contributed by atoms with Gasteiger partial charge in [-0.2, -0.15) is 5.10 Å². The van der Waals surface area contributed by atoms with Gasteiger partial charge in [0.15, 0.2) is 0 Å². The maximum atomic E-state index is 13.6. The zero-order chi connectivity index (χ0) is 28.9.